The normalized spacial score (nSPS) is 18.6. The molecule has 0 bridgehead atoms. The van der Waals surface area contributed by atoms with Crippen LogP contribution in [0.2, 0.25) is 0 Å². The zero-order valence-electron chi connectivity index (χ0n) is 27.4. The van der Waals surface area contributed by atoms with Crippen LogP contribution in [0.15, 0.2) is 0 Å². The van der Waals surface area contributed by atoms with Crippen molar-refractivity contribution in [2.75, 3.05) is 43.7 Å². The van der Waals surface area contributed by atoms with Gasteiger partial charge in [-0.1, -0.05) is 61.8 Å². The highest BCUT2D eigenvalue weighted by Crippen LogP contribution is 2.66. The minimum Gasteiger partial charge on any atom is -0.393 e. The predicted molar refractivity (Wildman–Crippen MR) is 181 cm³/mol. The van der Waals surface area contributed by atoms with Gasteiger partial charge in [-0.3, -0.25) is 9.05 Å². The van der Waals surface area contributed by atoms with E-state index in [9.17, 15) is 18.8 Å². The summed E-state index contributed by atoms with van der Waals surface area (Å²) in [7, 11) is 0. The Morgan fingerprint density at radius 2 is 0.881 bits per heavy atom. The Morgan fingerprint density at radius 3 is 1.19 bits per heavy atom. The molecule has 0 fully saturated rings. The minimum absolute atomic E-state index is 0.124. The number of aliphatic hydroxyl groups is 1. The van der Waals surface area contributed by atoms with Crippen molar-refractivity contribution in [1.82, 2.24) is 0 Å². The first kappa shape index (κ1) is 43.5. The highest BCUT2D eigenvalue weighted by atomic mass is 32.7. The summed E-state index contributed by atoms with van der Waals surface area (Å²) in [5.41, 5.74) is 0. The van der Waals surface area contributed by atoms with E-state index in [-0.39, 0.29) is 60.8 Å². The van der Waals surface area contributed by atoms with E-state index in [0.29, 0.717) is 6.61 Å². The molecule has 0 radical (unpaired) electrons. The molecule has 0 spiro atoms. The van der Waals surface area contributed by atoms with Crippen molar-refractivity contribution in [3.05, 3.63) is 0 Å². The second kappa shape index (κ2) is 22.1. The summed E-state index contributed by atoms with van der Waals surface area (Å²) < 4.78 is 75.1. The van der Waals surface area contributed by atoms with E-state index in [1.54, 1.807) is 20.8 Å². The van der Waals surface area contributed by atoms with E-state index in [4.69, 9.17) is 27.1 Å². The molecule has 0 aliphatic rings. The highest BCUT2D eigenvalue weighted by molar-refractivity contribution is 8.56. The molecular weight excluding hydrogens is 661 g/mol. The molecule has 6 atom stereocenters. The van der Waals surface area contributed by atoms with Gasteiger partial charge < -0.3 is 23.2 Å². The van der Waals surface area contributed by atoms with Crippen LogP contribution in [-0.4, -0.2) is 67.1 Å². The van der Waals surface area contributed by atoms with Crippen LogP contribution in [0.3, 0.4) is 0 Å². The number of hydrogen-bond acceptors (Lipinski definition) is 13. The summed E-state index contributed by atoms with van der Waals surface area (Å²) in [6.07, 6.45) is -1.13. The minimum atomic E-state index is -3.79. The highest BCUT2D eigenvalue weighted by Gasteiger charge is 2.35. The molecule has 0 aromatic heterocycles. The summed E-state index contributed by atoms with van der Waals surface area (Å²) in [4.78, 5) is 0. The standard InChI is InChI=1S/C26H57O10P3S3/c1-12-23(8)16-34-38(29,33-15-22(6)7)42-19-26(11)36-39(30,40-17-24(9)27)35-25(10)18-41-37(28,31-13-20(2)3)32-14-21(4)5/h20-27H,12-19H2,1-11H3. The molecule has 0 aliphatic carbocycles. The Kier molecular flexibility index (Phi) is 22.9. The fourth-order valence-corrected chi connectivity index (χ4v) is 13.9. The lowest BCUT2D eigenvalue weighted by atomic mass is 10.1. The lowest BCUT2D eigenvalue weighted by Gasteiger charge is -2.27. The van der Waals surface area contributed by atoms with Crippen LogP contribution in [-0.2, 0) is 40.8 Å². The molecule has 10 nitrogen and oxygen atoms in total. The summed E-state index contributed by atoms with van der Waals surface area (Å²) in [6, 6.07) is 0. The smallest absolute Gasteiger partial charge is 0.389 e. The third kappa shape index (κ3) is 22.1. The Balaban J connectivity index is 5.44. The van der Waals surface area contributed by atoms with Gasteiger partial charge in [0.15, 0.2) is 0 Å². The molecule has 0 aromatic rings. The Hall–Kier alpha value is 1.46. The van der Waals surface area contributed by atoms with Gasteiger partial charge in [-0.15, -0.1) is 0 Å². The Morgan fingerprint density at radius 1 is 0.548 bits per heavy atom. The lowest BCUT2D eigenvalue weighted by Crippen LogP contribution is -2.16. The first-order valence-electron chi connectivity index (χ1n) is 14.7. The van der Waals surface area contributed by atoms with Crippen LogP contribution in [0.5, 0.6) is 0 Å². The monoisotopic (exact) mass is 718 g/mol. The van der Waals surface area contributed by atoms with Gasteiger partial charge in [0.25, 0.3) is 0 Å². The van der Waals surface area contributed by atoms with Crippen molar-refractivity contribution in [3.8, 4) is 0 Å². The molecule has 0 saturated heterocycles. The van der Waals surface area contributed by atoms with E-state index >= 15 is 0 Å². The van der Waals surface area contributed by atoms with Crippen LogP contribution in [0.4, 0.5) is 0 Å². The van der Waals surface area contributed by atoms with Crippen molar-refractivity contribution in [2.45, 2.75) is 101 Å². The van der Waals surface area contributed by atoms with Crippen LogP contribution >= 0.6 is 54.5 Å². The average Bonchev–Trinajstić information content (AvgIpc) is 2.89. The topological polar surface area (TPSA) is 127 Å². The molecule has 16 heteroatoms. The van der Waals surface area contributed by atoms with Crippen LogP contribution in [0.1, 0.15) is 82.6 Å². The maximum atomic E-state index is 13.8. The van der Waals surface area contributed by atoms with E-state index in [1.807, 2.05) is 55.4 Å². The number of rotatable bonds is 26. The largest absolute Gasteiger partial charge is 0.393 e. The Bertz CT molecular complexity index is 847. The van der Waals surface area contributed by atoms with E-state index in [1.165, 1.54) is 0 Å². The molecule has 0 heterocycles. The van der Waals surface area contributed by atoms with Crippen molar-refractivity contribution in [3.63, 3.8) is 0 Å². The molecule has 42 heavy (non-hydrogen) atoms. The predicted octanol–water partition coefficient (Wildman–Crippen LogP) is 9.78. The summed E-state index contributed by atoms with van der Waals surface area (Å²) in [6.45, 7) is 11.2. The molecule has 254 valence electrons. The molecule has 0 rings (SSSR count). The van der Waals surface area contributed by atoms with Gasteiger partial charge >= 0.3 is 20.4 Å². The second-order valence-electron chi connectivity index (χ2n) is 11.8. The van der Waals surface area contributed by atoms with E-state index in [0.717, 1.165) is 40.6 Å². The number of aliphatic hydroxyl groups excluding tert-OH is 1. The zero-order valence-corrected chi connectivity index (χ0v) is 32.5. The first-order chi connectivity index (χ1) is 19.3. The molecule has 0 aliphatic heterocycles. The van der Waals surface area contributed by atoms with Gasteiger partial charge in [0.05, 0.1) is 44.7 Å². The quantitative estimate of drug-likeness (QED) is 0.0854. The van der Waals surface area contributed by atoms with Crippen molar-refractivity contribution in [1.29, 1.82) is 0 Å². The molecular formula is C26H57O10P3S3. The van der Waals surface area contributed by atoms with E-state index in [2.05, 4.69) is 0 Å². The van der Waals surface area contributed by atoms with Crippen LogP contribution < -0.4 is 0 Å². The SMILES string of the molecule is CCC(C)COP(=O)(OCC(C)C)SCC(C)OP(=O)(OC(C)CSP(=O)(OCC(C)C)OCC(C)C)SCC(C)O. The van der Waals surface area contributed by atoms with Gasteiger partial charge in [-0.05, 0) is 78.6 Å². The lowest BCUT2D eigenvalue weighted by molar-refractivity contribution is 0.158. The maximum absolute atomic E-state index is 13.8. The summed E-state index contributed by atoms with van der Waals surface area (Å²) >= 11 is 2.92. The molecule has 6 unspecified atom stereocenters. The van der Waals surface area contributed by atoms with Crippen LogP contribution in [0.25, 0.3) is 0 Å². The third-order valence-corrected chi connectivity index (χ3v) is 16.8. The fraction of sp³-hybridized carbons (Fsp3) is 1.00. The van der Waals surface area contributed by atoms with Crippen LogP contribution in [0, 0.1) is 23.7 Å². The average molecular weight is 719 g/mol. The zero-order chi connectivity index (χ0) is 32.6. The summed E-state index contributed by atoms with van der Waals surface area (Å²) in [5.74, 6) is 1.23. The molecule has 0 saturated carbocycles. The Labute approximate surface area is 267 Å². The molecule has 0 amide bonds. The van der Waals surface area contributed by atoms with Gasteiger partial charge in [0.1, 0.15) is 0 Å². The van der Waals surface area contributed by atoms with Gasteiger partial charge in [-0.25, -0.2) is 13.7 Å². The van der Waals surface area contributed by atoms with Crippen molar-refractivity contribution < 1.29 is 45.9 Å². The van der Waals surface area contributed by atoms with Gasteiger partial charge in [-0.2, -0.15) is 0 Å². The van der Waals surface area contributed by atoms with Crippen molar-refractivity contribution in [2.24, 2.45) is 23.7 Å². The molecule has 0 aromatic carbocycles. The van der Waals surface area contributed by atoms with Gasteiger partial charge in [0.2, 0.25) is 0 Å². The summed E-state index contributed by atoms with van der Waals surface area (Å²) in [5, 5.41) is 9.84. The maximum Gasteiger partial charge on any atom is 0.389 e. The second-order valence-corrected chi connectivity index (χ2v) is 24.0. The number of hydrogen-bond donors (Lipinski definition) is 1. The first-order valence-corrected chi connectivity index (χ1v) is 24.1. The van der Waals surface area contributed by atoms with Gasteiger partial charge in [0, 0.05) is 17.3 Å². The molecule has 1 N–H and O–H groups in total. The fourth-order valence-electron chi connectivity index (χ4n) is 2.46. The third-order valence-electron chi connectivity index (χ3n) is 4.94. The van der Waals surface area contributed by atoms with Crippen molar-refractivity contribution >= 4 is 54.5 Å². The van der Waals surface area contributed by atoms with E-state index < -0.39 is 38.7 Å².